The third-order valence-electron chi connectivity index (χ3n) is 3.71. The zero-order valence-corrected chi connectivity index (χ0v) is 14.6. The van der Waals surface area contributed by atoms with E-state index in [1.54, 1.807) is 37.6 Å². The van der Waals surface area contributed by atoms with Gasteiger partial charge in [-0.05, 0) is 48.4 Å². The van der Waals surface area contributed by atoms with Gasteiger partial charge in [-0.2, -0.15) is 0 Å². The number of ether oxygens (including phenoxy) is 1. The van der Waals surface area contributed by atoms with Crippen molar-refractivity contribution >= 4 is 10.0 Å². The molecule has 0 amide bonds. The lowest BCUT2D eigenvalue weighted by molar-refractivity contribution is 0.414. The van der Waals surface area contributed by atoms with Crippen LogP contribution in [0.25, 0.3) is 11.5 Å². The maximum atomic E-state index is 12.1. The molecule has 0 bridgehead atoms. The normalized spacial score (nSPS) is 11.6. The van der Waals surface area contributed by atoms with Crippen LogP contribution in [0, 0.1) is 0 Å². The molecule has 0 atom stereocenters. The number of furan rings is 2. The molecule has 1 aromatic carbocycles. The molecule has 25 heavy (non-hydrogen) atoms. The lowest BCUT2D eigenvalue weighted by Crippen LogP contribution is -2.26. The Bertz CT molecular complexity index is 895. The molecule has 0 radical (unpaired) electrons. The predicted molar refractivity (Wildman–Crippen MR) is 93.7 cm³/mol. The van der Waals surface area contributed by atoms with Crippen molar-refractivity contribution in [3.63, 3.8) is 0 Å². The summed E-state index contributed by atoms with van der Waals surface area (Å²) in [5, 5.41) is 0. The van der Waals surface area contributed by atoms with Crippen LogP contribution in [0.15, 0.2) is 63.6 Å². The van der Waals surface area contributed by atoms with E-state index in [4.69, 9.17) is 13.6 Å². The van der Waals surface area contributed by atoms with Crippen LogP contribution in [-0.4, -0.2) is 21.3 Å². The summed E-state index contributed by atoms with van der Waals surface area (Å²) in [4.78, 5) is 0. The Hall–Kier alpha value is -2.51. The van der Waals surface area contributed by atoms with Gasteiger partial charge in [0, 0.05) is 0 Å². The SMILES string of the molecule is COc1ccc(CCS(=O)(=O)NCc2ccc(-c3ccco3)o2)cc1. The molecule has 0 saturated heterocycles. The van der Waals surface area contributed by atoms with Gasteiger partial charge in [-0.1, -0.05) is 12.1 Å². The van der Waals surface area contributed by atoms with Gasteiger partial charge in [-0.25, -0.2) is 13.1 Å². The smallest absolute Gasteiger partial charge is 0.212 e. The number of sulfonamides is 1. The number of hydrogen-bond acceptors (Lipinski definition) is 5. The molecule has 1 N–H and O–H groups in total. The molecule has 6 nitrogen and oxygen atoms in total. The van der Waals surface area contributed by atoms with Crippen molar-refractivity contribution in [3.8, 4) is 17.3 Å². The number of hydrogen-bond donors (Lipinski definition) is 1. The molecular weight excluding hydrogens is 342 g/mol. The van der Waals surface area contributed by atoms with Gasteiger partial charge in [-0.15, -0.1) is 0 Å². The van der Waals surface area contributed by atoms with E-state index >= 15 is 0 Å². The molecule has 0 spiro atoms. The van der Waals surface area contributed by atoms with Gasteiger partial charge < -0.3 is 13.6 Å². The summed E-state index contributed by atoms with van der Waals surface area (Å²) < 4.78 is 42.7. The third kappa shape index (κ3) is 4.74. The molecule has 132 valence electrons. The number of nitrogens with one attached hydrogen (secondary N) is 1. The van der Waals surface area contributed by atoms with E-state index in [1.165, 1.54) is 0 Å². The molecule has 0 aliphatic carbocycles. The van der Waals surface area contributed by atoms with Crippen LogP contribution in [-0.2, 0) is 23.0 Å². The fraction of sp³-hybridized carbons (Fsp3) is 0.222. The Balaban J connectivity index is 1.53. The van der Waals surface area contributed by atoms with E-state index in [1.807, 2.05) is 24.3 Å². The van der Waals surface area contributed by atoms with E-state index in [-0.39, 0.29) is 12.3 Å². The van der Waals surface area contributed by atoms with E-state index in [0.29, 0.717) is 23.7 Å². The third-order valence-corrected chi connectivity index (χ3v) is 5.04. The molecule has 0 aliphatic heterocycles. The first kappa shape index (κ1) is 17.3. The zero-order chi connectivity index (χ0) is 17.7. The lowest BCUT2D eigenvalue weighted by atomic mass is 10.2. The van der Waals surface area contributed by atoms with E-state index < -0.39 is 10.0 Å². The Morgan fingerprint density at radius 1 is 1.04 bits per heavy atom. The highest BCUT2D eigenvalue weighted by molar-refractivity contribution is 7.89. The van der Waals surface area contributed by atoms with Gasteiger partial charge >= 0.3 is 0 Å². The molecule has 2 aromatic heterocycles. The van der Waals surface area contributed by atoms with Crippen molar-refractivity contribution < 1.29 is 22.0 Å². The number of benzene rings is 1. The lowest BCUT2D eigenvalue weighted by Gasteiger charge is -2.06. The van der Waals surface area contributed by atoms with Gasteiger partial charge in [0.25, 0.3) is 0 Å². The number of methoxy groups -OCH3 is 1. The highest BCUT2D eigenvalue weighted by Gasteiger charge is 2.13. The maximum Gasteiger partial charge on any atom is 0.212 e. The molecule has 2 heterocycles. The van der Waals surface area contributed by atoms with Gasteiger partial charge in [0.05, 0.1) is 25.7 Å². The van der Waals surface area contributed by atoms with Crippen LogP contribution in [0.5, 0.6) is 5.75 Å². The monoisotopic (exact) mass is 361 g/mol. The quantitative estimate of drug-likeness (QED) is 0.666. The van der Waals surface area contributed by atoms with Gasteiger partial charge in [-0.3, -0.25) is 0 Å². The molecular formula is C18H19NO5S. The van der Waals surface area contributed by atoms with Crippen molar-refractivity contribution in [3.05, 3.63) is 66.1 Å². The first-order valence-electron chi connectivity index (χ1n) is 7.78. The summed E-state index contributed by atoms with van der Waals surface area (Å²) in [6, 6.07) is 14.4. The molecule has 0 unspecified atom stereocenters. The predicted octanol–water partition coefficient (Wildman–Crippen LogP) is 3.21. The largest absolute Gasteiger partial charge is 0.497 e. The van der Waals surface area contributed by atoms with Crippen molar-refractivity contribution in [2.45, 2.75) is 13.0 Å². The molecule has 0 aliphatic rings. The van der Waals surface area contributed by atoms with Gasteiger partial charge in [0.1, 0.15) is 11.5 Å². The Morgan fingerprint density at radius 3 is 2.52 bits per heavy atom. The second kappa shape index (κ2) is 7.58. The van der Waals surface area contributed by atoms with Crippen molar-refractivity contribution in [1.29, 1.82) is 0 Å². The average molecular weight is 361 g/mol. The summed E-state index contributed by atoms with van der Waals surface area (Å²) in [7, 11) is -1.81. The van der Waals surface area contributed by atoms with Crippen molar-refractivity contribution in [2.75, 3.05) is 12.9 Å². The van der Waals surface area contributed by atoms with Crippen LogP contribution in [0.3, 0.4) is 0 Å². The minimum atomic E-state index is -3.40. The van der Waals surface area contributed by atoms with E-state index in [9.17, 15) is 8.42 Å². The minimum Gasteiger partial charge on any atom is -0.497 e. The van der Waals surface area contributed by atoms with Crippen LogP contribution in [0.4, 0.5) is 0 Å². The highest BCUT2D eigenvalue weighted by Crippen LogP contribution is 2.22. The van der Waals surface area contributed by atoms with Crippen LogP contribution in [0.2, 0.25) is 0 Å². The second-order valence-electron chi connectivity index (χ2n) is 5.48. The summed E-state index contributed by atoms with van der Waals surface area (Å²) in [6.45, 7) is 0.103. The fourth-order valence-corrected chi connectivity index (χ4v) is 3.33. The number of rotatable bonds is 8. The average Bonchev–Trinajstić information content (AvgIpc) is 3.30. The summed E-state index contributed by atoms with van der Waals surface area (Å²) in [5.74, 6) is 2.45. The summed E-state index contributed by atoms with van der Waals surface area (Å²) in [5.41, 5.74) is 0.935. The summed E-state index contributed by atoms with van der Waals surface area (Å²) in [6.07, 6.45) is 1.98. The standard InChI is InChI=1S/C18H19NO5S/c1-22-15-6-4-14(5-7-15)10-12-25(20,21)19-13-16-8-9-18(24-16)17-3-2-11-23-17/h2-9,11,19H,10,12-13H2,1H3. The van der Waals surface area contributed by atoms with Crippen LogP contribution in [0.1, 0.15) is 11.3 Å². The van der Waals surface area contributed by atoms with Crippen LogP contribution < -0.4 is 9.46 Å². The van der Waals surface area contributed by atoms with Crippen LogP contribution >= 0.6 is 0 Å². The Kier molecular flexibility index (Phi) is 5.25. The second-order valence-corrected chi connectivity index (χ2v) is 7.41. The fourth-order valence-electron chi connectivity index (χ4n) is 2.32. The van der Waals surface area contributed by atoms with E-state index in [2.05, 4.69) is 4.72 Å². The first-order valence-corrected chi connectivity index (χ1v) is 9.44. The minimum absolute atomic E-state index is 0.00504. The Labute approximate surface area is 146 Å². The molecule has 3 rings (SSSR count). The highest BCUT2D eigenvalue weighted by atomic mass is 32.2. The van der Waals surface area contributed by atoms with Gasteiger partial charge in [0.15, 0.2) is 11.5 Å². The Morgan fingerprint density at radius 2 is 1.84 bits per heavy atom. The summed E-state index contributed by atoms with van der Waals surface area (Å²) >= 11 is 0. The topological polar surface area (TPSA) is 81.7 Å². The van der Waals surface area contributed by atoms with Gasteiger partial charge in [0.2, 0.25) is 10.0 Å². The maximum absolute atomic E-state index is 12.1. The zero-order valence-electron chi connectivity index (χ0n) is 13.8. The molecule has 0 saturated carbocycles. The molecule has 7 heteroatoms. The van der Waals surface area contributed by atoms with Crippen molar-refractivity contribution in [1.82, 2.24) is 4.72 Å². The molecule has 0 fully saturated rings. The van der Waals surface area contributed by atoms with E-state index in [0.717, 1.165) is 11.3 Å². The van der Waals surface area contributed by atoms with Crippen molar-refractivity contribution in [2.24, 2.45) is 0 Å². The first-order chi connectivity index (χ1) is 12.1. The molecule has 3 aromatic rings. The number of aryl methyl sites for hydroxylation is 1.